The third-order valence-electron chi connectivity index (χ3n) is 4.64. The maximum Gasteiger partial charge on any atom is 0.163 e. The van der Waals surface area contributed by atoms with Crippen LogP contribution in [-0.4, -0.2) is 5.78 Å². The Morgan fingerprint density at radius 1 is 1.12 bits per heavy atom. The van der Waals surface area contributed by atoms with Gasteiger partial charge in [0.25, 0.3) is 0 Å². The van der Waals surface area contributed by atoms with Crippen molar-refractivity contribution in [2.45, 2.75) is 38.5 Å². The predicted molar refractivity (Wildman–Crippen MR) is 92.5 cm³/mol. The molecule has 1 aliphatic carbocycles. The molecule has 0 amide bonds. The first-order valence-electron chi connectivity index (χ1n) is 8.27. The fourth-order valence-electron chi connectivity index (χ4n) is 3.44. The summed E-state index contributed by atoms with van der Waals surface area (Å²) in [6.45, 7) is 2.04. The zero-order valence-corrected chi connectivity index (χ0v) is 13.7. The average Bonchev–Trinajstić information content (AvgIpc) is 2.99. The van der Waals surface area contributed by atoms with Crippen molar-refractivity contribution in [2.24, 2.45) is 0 Å². The van der Waals surface area contributed by atoms with Gasteiger partial charge in [-0.05, 0) is 40.7 Å². The van der Waals surface area contributed by atoms with E-state index in [1.165, 1.54) is 5.56 Å². The van der Waals surface area contributed by atoms with Crippen molar-refractivity contribution in [1.82, 2.24) is 0 Å². The number of carbonyl (C=O) groups is 1. The fraction of sp³-hybridized carbons (Fsp3) is 0.286. The van der Waals surface area contributed by atoms with Crippen LogP contribution in [0.4, 0.5) is 0 Å². The molecule has 0 spiro atoms. The first-order chi connectivity index (χ1) is 11.7. The van der Waals surface area contributed by atoms with E-state index in [0.717, 1.165) is 29.5 Å². The number of benzene rings is 2. The van der Waals surface area contributed by atoms with Gasteiger partial charge in [-0.15, -0.1) is 0 Å². The Morgan fingerprint density at radius 3 is 2.58 bits per heavy atom. The van der Waals surface area contributed by atoms with E-state index in [2.05, 4.69) is 24.3 Å². The van der Waals surface area contributed by atoms with E-state index in [0.29, 0.717) is 24.0 Å². The molecular formula is C21H18N2O. The van der Waals surface area contributed by atoms with E-state index in [4.69, 9.17) is 0 Å². The molecule has 0 radical (unpaired) electrons. The van der Waals surface area contributed by atoms with Gasteiger partial charge < -0.3 is 0 Å². The number of ketones is 1. The lowest BCUT2D eigenvalue weighted by Gasteiger charge is -2.14. The number of carbonyl (C=O) groups excluding carboxylic acids is 1. The molecule has 24 heavy (non-hydrogen) atoms. The highest BCUT2D eigenvalue weighted by molar-refractivity contribution is 5.99. The molecule has 0 aliphatic heterocycles. The molecule has 0 saturated carbocycles. The second-order valence-electron chi connectivity index (χ2n) is 6.10. The molecule has 0 bridgehead atoms. The Hall–Kier alpha value is -2.91. The van der Waals surface area contributed by atoms with Crippen LogP contribution in [0.5, 0.6) is 0 Å². The predicted octanol–water partition coefficient (Wildman–Crippen LogP) is 4.76. The Labute approximate surface area is 142 Å². The van der Waals surface area contributed by atoms with Crippen molar-refractivity contribution < 1.29 is 4.79 Å². The summed E-state index contributed by atoms with van der Waals surface area (Å²) in [7, 11) is 0. The second-order valence-corrected chi connectivity index (χ2v) is 6.10. The van der Waals surface area contributed by atoms with Crippen LogP contribution in [0.15, 0.2) is 36.4 Å². The van der Waals surface area contributed by atoms with Gasteiger partial charge in [-0.3, -0.25) is 4.79 Å². The van der Waals surface area contributed by atoms with E-state index >= 15 is 0 Å². The normalized spacial score (nSPS) is 11.5. The van der Waals surface area contributed by atoms with Crippen molar-refractivity contribution in [3.63, 3.8) is 0 Å². The molecule has 0 unspecified atom stereocenters. The van der Waals surface area contributed by atoms with Crippen LogP contribution in [0.2, 0.25) is 0 Å². The zero-order chi connectivity index (χ0) is 17.1. The number of hydrogen-bond acceptors (Lipinski definition) is 3. The standard InChI is InChI=1S/C21H18N2O/c1-2-3-8-20(24)18-10-9-17-16-7-5-4-6-14(16)11-19(17)21(18)15(12-22)13-23/h4-7,9-10,15H,2-3,8,11H2,1H3. The van der Waals surface area contributed by atoms with Gasteiger partial charge >= 0.3 is 0 Å². The van der Waals surface area contributed by atoms with Gasteiger partial charge in [-0.25, -0.2) is 0 Å². The van der Waals surface area contributed by atoms with Crippen LogP contribution in [0.3, 0.4) is 0 Å². The third-order valence-corrected chi connectivity index (χ3v) is 4.64. The Morgan fingerprint density at radius 2 is 1.88 bits per heavy atom. The first-order valence-corrected chi connectivity index (χ1v) is 8.27. The summed E-state index contributed by atoms with van der Waals surface area (Å²) >= 11 is 0. The SMILES string of the molecule is CCCCC(=O)c1ccc2c(c1C(C#N)C#N)Cc1ccccc1-2. The highest BCUT2D eigenvalue weighted by Crippen LogP contribution is 2.41. The molecule has 3 nitrogen and oxygen atoms in total. The van der Waals surface area contributed by atoms with Crippen LogP contribution in [0.1, 0.15) is 59.2 Å². The number of Topliss-reactive ketones (excluding diaryl/α,β-unsaturated/α-hetero) is 1. The minimum atomic E-state index is -0.908. The lowest BCUT2D eigenvalue weighted by molar-refractivity contribution is 0.0979. The Bertz CT molecular complexity index is 870. The topological polar surface area (TPSA) is 64.7 Å². The lowest BCUT2D eigenvalue weighted by Crippen LogP contribution is -2.09. The maximum atomic E-state index is 12.6. The Balaban J connectivity index is 2.17. The molecular weight excluding hydrogens is 296 g/mol. The zero-order valence-electron chi connectivity index (χ0n) is 13.7. The van der Waals surface area contributed by atoms with E-state index < -0.39 is 5.92 Å². The van der Waals surface area contributed by atoms with Crippen molar-refractivity contribution in [1.29, 1.82) is 10.5 Å². The second kappa shape index (κ2) is 6.69. The van der Waals surface area contributed by atoms with Crippen LogP contribution >= 0.6 is 0 Å². The van der Waals surface area contributed by atoms with Gasteiger partial charge in [0, 0.05) is 12.0 Å². The molecule has 2 aromatic rings. The molecule has 3 rings (SSSR count). The average molecular weight is 314 g/mol. The van der Waals surface area contributed by atoms with Crippen molar-refractivity contribution in [3.05, 3.63) is 58.7 Å². The van der Waals surface area contributed by atoms with E-state index in [1.54, 1.807) is 6.07 Å². The molecule has 1 aliphatic rings. The largest absolute Gasteiger partial charge is 0.294 e. The van der Waals surface area contributed by atoms with Crippen LogP contribution in [0, 0.1) is 22.7 Å². The van der Waals surface area contributed by atoms with E-state index in [9.17, 15) is 15.3 Å². The van der Waals surface area contributed by atoms with Gasteiger partial charge in [-0.1, -0.05) is 49.7 Å². The van der Waals surface area contributed by atoms with E-state index in [-0.39, 0.29) is 5.78 Å². The van der Waals surface area contributed by atoms with Crippen LogP contribution in [0.25, 0.3) is 11.1 Å². The van der Waals surface area contributed by atoms with Gasteiger partial charge in [-0.2, -0.15) is 10.5 Å². The molecule has 0 aromatic heterocycles. The van der Waals surface area contributed by atoms with Crippen molar-refractivity contribution in [2.75, 3.05) is 0 Å². The van der Waals surface area contributed by atoms with Crippen LogP contribution < -0.4 is 0 Å². The van der Waals surface area contributed by atoms with Gasteiger partial charge in [0.2, 0.25) is 0 Å². The molecule has 0 saturated heterocycles. The molecule has 3 heteroatoms. The fourth-order valence-corrected chi connectivity index (χ4v) is 3.44. The number of fused-ring (bicyclic) bond motifs is 3. The highest BCUT2D eigenvalue weighted by atomic mass is 16.1. The summed E-state index contributed by atoms with van der Waals surface area (Å²) in [5.74, 6) is -0.879. The number of nitrogens with zero attached hydrogens (tertiary/aromatic N) is 2. The molecule has 2 aromatic carbocycles. The number of unbranched alkanes of at least 4 members (excludes halogenated alkanes) is 1. The lowest BCUT2D eigenvalue weighted by atomic mass is 9.86. The molecule has 0 atom stereocenters. The quantitative estimate of drug-likeness (QED) is 0.638. The summed E-state index contributed by atoms with van der Waals surface area (Å²) in [4.78, 5) is 12.6. The first kappa shape index (κ1) is 16.0. The molecule has 118 valence electrons. The monoisotopic (exact) mass is 314 g/mol. The summed E-state index contributed by atoms with van der Waals surface area (Å²) in [5.41, 5.74) is 5.49. The van der Waals surface area contributed by atoms with E-state index in [1.807, 2.05) is 25.1 Å². The highest BCUT2D eigenvalue weighted by Gasteiger charge is 2.28. The number of nitriles is 2. The summed E-state index contributed by atoms with van der Waals surface area (Å²) in [6, 6.07) is 16.0. The number of rotatable bonds is 5. The van der Waals surface area contributed by atoms with Crippen molar-refractivity contribution >= 4 is 5.78 Å². The smallest absolute Gasteiger partial charge is 0.163 e. The number of hydrogen-bond donors (Lipinski definition) is 0. The third kappa shape index (κ3) is 2.59. The Kier molecular flexibility index (Phi) is 4.45. The van der Waals surface area contributed by atoms with Crippen molar-refractivity contribution in [3.8, 4) is 23.3 Å². The van der Waals surface area contributed by atoms with Gasteiger partial charge in [0.15, 0.2) is 11.7 Å². The molecule has 0 N–H and O–H groups in total. The minimum absolute atomic E-state index is 0.0288. The summed E-state index contributed by atoms with van der Waals surface area (Å²) in [6.07, 6.45) is 2.89. The minimum Gasteiger partial charge on any atom is -0.294 e. The maximum absolute atomic E-state index is 12.6. The van der Waals surface area contributed by atoms with Gasteiger partial charge in [0.1, 0.15) is 0 Å². The van der Waals surface area contributed by atoms with Crippen LogP contribution in [-0.2, 0) is 6.42 Å². The molecule has 0 fully saturated rings. The summed E-state index contributed by atoms with van der Waals surface area (Å²) < 4.78 is 0. The molecule has 0 heterocycles. The summed E-state index contributed by atoms with van der Waals surface area (Å²) in [5, 5.41) is 18.9. The van der Waals surface area contributed by atoms with Gasteiger partial charge in [0.05, 0.1) is 12.1 Å².